The van der Waals surface area contributed by atoms with Crippen LogP contribution in [-0.2, 0) is 14.3 Å². The van der Waals surface area contributed by atoms with Gasteiger partial charge in [-0.15, -0.1) is 0 Å². The summed E-state index contributed by atoms with van der Waals surface area (Å²) < 4.78 is 11.1. The molecule has 7 nitrogen and oxygen atoms in total. The number of aromatic amines is 1. The quantitative estimate of drug-likeness (QED) is 0.191. The Balaban J connectivity index is 1.66. The maximum absolute atomic E-state index is 11.6. The molecule has 1 aromatic heterocycles. The van der Waals surface area contributed by atoms with Crippen LogP contribution in [0.1, 0.15) is 12.5 Å². The lowest BCUT2D eigenvalue weighted by Crippen LogP contribution is -2.09. The number of H-pyrrole nitrogens is 1. The van der Waals surface area contributed by atoms with Crippen LogP contribution >= 0.6 is 15.9 Å². The molecule has 4 aromatic rings. The molecule has 0 aliphatic rings. The Kier molecular flexibility index (Phi) is 7.97. The Morgan fingerprint density at radius 1 is 0.944 bits per heavy atom. The van der Waals surface area contributed by atoms with Crippen molar-refractivity contribution in [2.45, 2.75) is 6.92 Å². The van der Waals surface area contributed by atoms with Crippen molar-refractivity contribution in [3.05, 3.63) is 88.9 Å². The van der Waals surface area contributed by atoms with E-state index in [-0.39, 0.29) is 5.97 Å². The van der Waals surface area contributed by atoms with Crippen molar-refractivity contribution in [1.82, 2.24) is 9.97 Å². The van der Waals surface area contributed by atoms with Crippen molar-refractivity contribution in [2.75, 3.05) is 13.2 Å². The molecule has 0 aliphatic carbocycles. The second kappa shape index (κ2) is 11.5. The van der Waals surface area contributed by atoms with Crippen LogP contribution in [0.5, 0.6) is 5.75 Å². The zero-order valence-corrected chi connectivity index (χ0v) is 21.0. The highest BCUT2D eigenvalue weighted by Crippen LogP contribution is 2.34. The lowest BCUT2D eigenvalue weighted by molar-refractivity contribution is -0.139. The molecule has 0 bridgehead atoms. The Hall–Kier alpha value is -4.17. The molecule has 182 valence electrons. The molecule has 0 saturated heterocycles. The van der Waals surface area contributed by atoms with Crippen LogP contribution in [0.2, 0.25) is 0 Å². The molecule has 3 aromatic carbocycles. The van der Waals surface area contributed by atoms with Gasteiger partial charge in [0, 0.05) is 27.2 Å². The van der Waals surface area contributed by atoms with Gasteiger partial charge < -0.3 is 19.6 Å². The third-order valence-electron chi connectivity index (χ3n) is 5.21. The number of rotatable bonds is 9. The first-order valence-electron chi connectivity index (χ1n) is 11.2. The van der Waals surface area contributed by atoms with E-state index < -0.39 is 12.6 Å². The molecule has 0 aliphatic heterocycles. The maximum Gasteiger partial charge on any atom is 0.341 e. The average Bonchev–Trinajstić information content (AvgIpc) is 3.33. The fourth-order valence-electron chi connectivity index (χ4n) is 3.51. The maximum atomic E-state index is 11.6. The number of ether oxygens (including phenoxy) is 2. The highest BCUT2D eigenvalue weighted by Gasteiger charge is 2.16. The van der Waals surface area contributed by atoms with E-state index in [9.17, 15) is 9.59 Å². The standard InChI is InChI=1S/C28H23BrN2O5/c1-2-35-25(34)16-5-18-3-6-21(7-4-18)28-30-26(19-8-12-22(29)13-9-19)27(31-28)20-10-14-23(15-11-20)36-17-24(32)33/h3-16H,2,17H2,1H3,(H,30,31)(H,32,33)/b16-5+. The predicted octanol–water partition coefficient (Wildman–Crippen LogP) is 6.21. The van der Waals surface area contributed by atoms with E-state index in [2.05, 4.69) is 20.9 Å². The van der Waals surface area contributed by atoms with E-state index >= 15 is 0 Å². The first-order chi connectivity index (χ1) is 17.4. The fourth-order valence-corrected chi connectivity index (χ4v) is 3.77. The van der Waals surface area contributed by atoms with Gasteiger partial charge in [-0.25, -0.2) is 14.6 Å². The van der Waals surface area contributed by atoms with Crippen molar-refractivity contribution in [3.8, 4) is 39.7 Å². The van der Waals surface area contributed by atoms with E-state index in [0.29, 0.717) is 18.2 Å². The summed E-state index contributed by atoms with van der Waals surface area (Å²) in [5.74, 6) is -0.254. The van der Waals surface area contributed by atoms with Gasteiger partial charge >= 0.3 is 11.9 Å². The van der Waals surface area contributed by atoms with Gasteiger partial charge in [-0.3, -0.25) is 0 Å². The Bertz CT molecular complexity index is 1380. The third kappa shape index (κ3) is 6.28. The normalized spacial score (nSPS) is 10.9. The highest BCUT2D eigenvalue weighted by atomic mass is 79.9. The van der Waals surface area contributed by atoms with Gasteiger partial charge in [0.25, 0.3) is 0 Å². The first-order valence-corrected chi connectivity index (χ1v) is 12.0. The minimum absolute atomic E-state index is 0.335. The predicted molar refractivity (Wildman–Crippen MR) is 141 cm³/mol. The first kappa shape index (κ1) is 24.9. The molecule has 0 atom stereocenters. The SMILES string of the molecule is CCOC(=O)/C=C/c1ccc(-c2nc(-c3ccc(OCC(=O)O)cc3)c(-c3ccc(Br)cc3)[nH]2)cc1. The van der Waals surface area contributed by atoms with Crippen molar-refractivity contribution in [2.24, 2.45) is 0 Å². The summed E-state index contributed by atoms with van der Waals surface area (Å²) in [5, 5.41) is 8.83. The summed E-state index contributed by atoms with van der Waals surface area (Å²) in [4.78, 5) is 30.7. The van der Waals surface area contributed by atoms with Gasteiger partial charge in [-0.2, -0.15) is 0 Å². The number of hydrogen-bond acceptors (Lipinski definition) is 5. The molecule has 1 heterocycles. The molecule has 2 N–H and O–H groups in total. The molecule has 0 radical (unpaired) electrons. The van der Waals surface area contributed by atoms with Crippen molar-refractivity contribution in [1.29, 1.82) is 0 Å². The summed E-state index contributed by atoms with van der Waals surface area (Å²) in [7, 11) is 0. The Labute approximate surface area is 216 Å². The zero-order valence-electron chi connectivity index (χ0n) is 19.4. The Morgan fingerprint density at radius 3 is 2.22 bits per heavy atom. The largest absolute Gasteiger partial charge is 0.482 e. The molecule has 0 unspecified atom stereocenters. The summed E-state index contributed by atoms with van der Waals surface area (Å²) in [5.41, 5.74) is 5.17. The van der Waals surface area contributed by atoms with Crippen LogP contribution in [0.4, 0.5) is 0 Å². The molecular weight excluding hydrogens is 524 g/mol. The van der Waals surface area contributed by atoms with Crippen molar-refractivity contribution >= 4 is 33.9 Å². The minimum Gasteiger partial charge on any atom is -0.482 e. The molecule has 4 rings (SSSR count). The number of carboxylic acid groups (broad SMARTS) is 1. The minimum atomic E-state index is -1.03. The number of nitrogens with zero attached hydrogens (tertiary/aromatic N) is 1. The molecule has 8 heteroatoms. The molecule has 36 heavy (non-hydrogen) atoms. The van der Waals surface area contributed by atoms with E-state index in [1.807, 2.05) is 60.7 Å². The second-order valence-electron chi connectivity index (χ2n) is 7.73. The lowest BCUT2D eigenvalue weighted by atomic mass is 10.1. The van der Waals surface area contributed by atoms with Gasteiger partial charge in [0.2, 0.25) is 0 Å². The van der Waals surface area contributed by atoms with Gasteiger partial charge in [-0.1, -0.05) is 52.3 Å². The Morgan fingerprint density at radius 2 is 1.58 bits per heavy atom. The number of nitrogens with one attached hydrogen (secondary N) is 1. The number of benzene rings is 3. The number of carboxylic acids is 1. The summed E-state index contributed by atoms with van der Waals surface area (Å²) >= 11 is 3.48. The smallest absolute Gasteiger partial charge is 0.341 e. The number of esters is 1. The molecular formula is C28H23BrN2O5. The molecule has 0 saturated carbocycles. The van der Waals surface area contributed by atoms with E-state index in [1.165, 1.54) is 6.08 Å². The summed E-state index contributed by atoms with van der Waals surface area (Å²) in [6.07, 6.45) is 3.11. The highest BCUT2D eigenvalue weighted by molar-refractivity contribution is 9.10. The third-order valence-corrected chi connectivity index (χ3v) is 5.74. The molecule has 0 amide bonds. The summed E-state index contributed by atoms with van der Waals surface area (Å²) in [6, 6.07) is 22.7. The van der Waals surface area contributed by atoms with Crippen LogP contribution in [-0.4, -0.2) is 40.2 Å². The number of carbonyl (C=O) groups is 2. The van der Waals surface area contributed by atoms with Crippen LogP contribution in [0.25, 0.3) is 40.0 Å². The van der Waals surface area contributed by atoms with Crippen molar-refractivity contribution in [3.63, 3.8) is 0 Å². The molecule has 0 fully saturated rings. The van der Waals surface area contributed by atoms with Gasteiger partial charge in [0.15, 0.2) is 6.61 Å². The number of halogens is 1. The monoisotopic (exact) mass is 546 g/mol. The number of hydrogen-bond donors (Lipinski definition) is 2. The van der Waals surface area contributed by atoms with Gasteiger partial charge in [0.05, 0.1) is 18.0 Å². The lowest BCUT2D eigenvalue weighted by Gasteiger charge is -2.06. The average molecular weight is 547 g/mol. The van der Waals surface area contributed by atoms with Gasteiger partial charge in [-0.05, 0) is 55.0 Å². The topological polar surface area (TPSA) is 102 Å². The summed E-state index contributed by atoms with van der Waals surface area (Å²) in [6.45, 7) is 1.70. The number of aromatic nitrogens is 2. The zero-order chi connectivity index (χ0) is 25.5. The van der Waals surface area contributed by atoms with Crippen LogP contribution in [0, 0.1) is 0 Å². The van der Waals surface area contributed by atoms with E-state index in [4.69, 9.17) is 19.6 Å². The fraction of sp³-hybridized carbons (Fsp3) is 0.107. The number of aliphatic carboxylic acids is 1. The van der Waals surface area contributed by atoms with Crippen LogP contribution in [0.15, 0.2) is 83.3 Å². The van der Waals surface area contributed by atoms with E-state index in [0.717, 1.165) is 38.1 Å². The number of carbonyl (C=O) groups excluding carboxylic acids is 1. The van der Waals surface area contributed by atoms with Crippen molar-refractivity contribution < 1.29 is 24.2 Å². The van der Waals surface area contributed by atoms with E-state index in [1.54, 1.807) is 25.1 Å². The second-order valence-corrected chi connectivity index (χ2v) is 8.65. The van der Waals surface area contributed by atoms with Gasteiger partial charge in [0.1, 0.15) is 11.6 Å². The number of imidazole rings is 1. The van der Waals surface area contributed by atoms with Crippen LogP contribution in [0.3, 0.4) is 0 Å². The molecule has 0 spiro atoms. The van der Waals surface area contributed by atoms with Crippen LogP contribution < -0.4 is 4.74 Å².